The third kappa shape index (κ3) is 4.38. The molecule has 0 bridgehead atoms. The fourth-order valence-corrected chi connectivity index (χ4v) is 0. The summed E-state index contributed by atoms with van der Waals surface area (Å²) in [6, 6.07) is 0. The van der Waals surface area contributed by atoms with E-state index in [-0.39, 0.29) is 0 Å². The molecule has 0 heterocycles. The van der Waals surface area contributed by atoms with Crippen LogP contribution in [0.25, 0.3) is 0 Å². The van der Waals surface area contributed by atoms with Gasteiger partial charge in [0.1, 0.15) is 0 Å². The Morgan fingerprint density at radius 3 is 1.67 bits per heavy atom. The molecule has 6 heteroatoms. The van der Waals surface area contributed by atoms with Gasteiger partial charge in [-0.15, -0.1) is 0 Å². The summed E-state index contributed by atoms with van der Waals surface area (Å²) in [6.45, 7) is 0. The van der Waals surface area contributed by atoms with Crippen molar-refractivity contribution in [2.24, 2.45) is 0 Å². The molecule has 4 nitrogen and oxygen atoms in total. The van der Waals surface area contributed by atoms with Gasteiger partial charge in [-0.25, -0.2) is 0 Å². The van der Waals surface area contributed by atoms with E-state index in [1.165, 1.54) is 0 Å². The second kappa shape index (κ2) is 1.90. The summed E-state index contributed by atoms with van der Waals surface area (Å²) >= 11 is 0. The van der Waals surface area contributed by atoms with Gasteiger partial charge in [0.05, 0.1) is 0 Å². The van der Waals surface area contributed by atoms with Crippen LogP contribution in [0, 0.1) is 0 Å². The highest BCUT2D eigenvalue weighted by Gasteiger charge is 2.04. The Morgan fingerprint density at radius 1 is 1.50 bits per heavy atom. The van der Waals surface area contributed by atoms with Gasteiger partial charge in [0.2, 0.25) is 0 Å². The van der Waals surface area contributed by atoms with Crippen LogP contribution in [-0.4, -0.2) is 9.79 Å². The Hall–Kier alpha value is 0.380. The maximum absolute atomic E-state index is 9.42. The van der Waals surface area contributed by atoms with Crippen LogP contribution in [0.15, 0.2) is 0 Å². The molecule has 0 aliphatic carbocycles. The van der Waals surface area contributed by atoms with Gasteiger partial charge in [0.25, 0.3) is 0 Å². The average molecular weight is 130 g/mol. The van der Waals surface area contributed by atoms with Gasteiger partial charge in [0.15, 0.2) is 8.15 Å². The summed E-state index contributed by atoms with van der Waals surface area (Å²) in [5.74, 6) is 0. The minimum absolute atomic E-state index is 1.92. The molecule has 0 saturated heterocycles. The maximum Gasteiger partial charge on any atom is 0.375 e. The zero-order valence-electron chi connectivity index (χ0n) is 2.74. The summed E-state index contributed by atoms with van der Waals surface area (Å²) in [5.41, 5.74) is 0. The van der Waals surface area contributed by atoms with Crippen molar-refractivity contribution in [3.05, 3.63) is 0 Å². The van der Waals surface area contributed by atoms with E-state index in [2.05, 4.69) is 0 Å². The molecular weight excluding hydrogens is 126 g/mol. The van der Waals surface area contributed by atoms with Gasteiger partial charge in [-0.05, 0) is 0 Å². The van der Waals surface area contributed by atoms with E-state index in [1.54, 1.807) is 0 Å². The molecular formula is H4O4P2. The lowest BCUT2D eigenvalue weighted by Gasteiger charge is -1.84. The van der Waals surface area contributed by atoms with E-state index >= 15 is 0 Å². The molecule has 0 amide bonds. The number of rotatable bonds is 1. The zero-order chi connectivity index (χ0) is 5.21. The standard InChI is InChI=1S/H4O4P2/c1-5-6(2,3)4/h5H2,(H2,2,3,4). The van der Waals surface area contributed by atoms with Crippen LogP contribution in [0.2, 0.25) is 0 Å². The van der Waals surface area contributed by atoms with Crippen molar-refractivity contribution >= 4 is 15.4 Å². The predicted octanol–water partition coefficient (Wildman–Crippen LogP) is -0.165. The van der Waals surface area contributed by atoms with E-state index in [1.807, 2.05) is 0 Å². The Balaban J connectivity index is 3.81. The zero-order valence-corrected chi connectivity index (χ0v) is 4.78. The van der Waals surface area contributed by atoms with Crippen LogP contribution < -0.4 is 0 Å². The highest BCUT2D eigenvalue weighted by Crippen LogP contribution is 2.48. The topological polar surface area (TPSA) is 74.6 Å². The van der Waals surface area contributed by atoms with Crippen molar-refractivity contribution in [3.8, 4) is 0 Å². The molecule has 0 aromatic rings. The first-order valence-electron chi connectivity index (χ1n) is 1.08. The van der Waals surface area contributed by atoms with Gasteiger partial charge in [-0.3, -0.25) is 4.57 Å². The van der Waals surface area contributed by atoms with Crippen LogP contribution in [0.4, 0.5) is 0 Å². The van der Waals surface area contributed by atoms with Gasteiger partial charge in [0, 0.05) is 0 Å². The van der Waals surface area contributed by atoms with E-state index < -0.39 is 15.4 Å². The Bertz CT molecular complexity index is 87.7. The predicted molar refractivity (Wildman–Crippen MR) is 22.4 cm³/mol. The fraction of sp³-hybridized carbons (Fsp3) is 0. The van der Waals surface area contributed by atoms with E-state index in [9.17, 15) is 9.13 Å². The van der Waals surface area contributed by atoms with Gasteiger partial charge in [-0.1, -0.05) is 0 Å². The molecule has 0 aromatic carbocycles. The van der Waals surface area contributed by atoms with Crippen molar-refractivity contribution < 1.29 is 18.9 Å². The molecule has 2 N–H and O–H groups in total. The SMILES string of the molecule is O=[PH2]P(=O)(O)O. The van der Waals surface area contributed by atoms with Crippen molar-refractivity contribution in [2.45, 2.75) is 0 Å². The first-order valence-corrected chi connectivity index (χ1v) is 4.78. The molecule has 0 aromatic heterocycles. The largest absolute Gasteiger partial charge is 0.375 e. The number of hydrogen-bond acceptors (Lipinski definition) is 2. The second-order valence-electron chi connectivity index (χ2n) is 0.695. The smallest absolute Gasteiger partial charge is 0.320 e. The molecule has 0 fully saturated rings. The Kier molecular flexibility index (Phi) is 2.02. The third-order valence-corrected chi connectivity index (χ3v) is 1.24. The average Bonchev–Trinajstić information content (AvgIpc) is 1.35. The summed E-state index contributed by atoms with van der Waals surface area (Å²) in [6.07, 6.45) is 0. The molecule has 0 aliphatic rings. The van der Waals surface area contributed by atoms with Crippen LogP contribution in [0.3, 0.4) is 0 Å². The maximum atomic E-state index is 9.42. The van der Waals surface area contributed by atoms with Crippen molar-refractivity contribution in [1.29, 1.82) is 0 Å². The summed E-state index contributed by atoms with van der Waals surface area (Å²) in [4.78, 5) is 15.3. The summed E-state index contributed by atoms with van der Waals surface area (Å²) in [5, 5.41) is 0. The van der Waals surface area contributed by atoms with Crippen molar-refractivity contribution in [2.75, 3.05) is 0 Å². The molecule has 38 valence electrons. The van der Waals surface area contributed by atoms with Crippen LogP contribution in [-0.2, 0) is 9.13 Å². The Labute approximate surface area is 35.4 Å². The fourth-order valence-electron chi connectivity index (χ4n) is 0. The first kappa shape index (κ1) is 6.38. The lowest BCUT2D eigenvalue weighted by molar-refractivity contribution is 0.393. The normalized spacial score (nSPS) is 13.7. The minimum Gasteiger partial charge on any atom is -0.320 e. The van der Waals surface area contributed by atoms with Crippen LogP contribution in [0.1, 0.15) is 0 Å². The highest BCUT2D eigenvalue weighted by atomic mass is 32.1. The van der Waals surface area contributed by atoms with Crippen LogP contribution >= 0.6 is 15.4 Å². The second-order valence-corrected chi connectivity index (χ2v) is 4.73. The lowest BCUT2D eigenvalue weighted by atomic mass is 15.8. The van der Waals surface area contributed by atoms with E-state index in [0.29, 0.717) is 0 Å². The molecule has 0 saturated carbocycles. The summed E-state index contributed by atoms with van der Waals surface area (Å²) < 4.78 is 18.7. The van der Waals surface area contributed by atoms with Gasteiger partial charge < -0.3 is 14.4 Å². The molecule has 1 unspecified atom stereocenters. The first-order chi connectivity index (χ1) is 2.56. The molecule has 1 atom stereocenters. The minimum atomic E-state index is -4.12. The lowest BCUT2D eigenvalue weighted by Crippen LogP contribution is -1.55. The molecule has 0 spiro atoms. The monoisotopic (exact) mass is 130 g/mol. The van der Waals surface area contributed by atoms with Crippen LogP contribution in [0.5, 0.6) is 0 Å². The van der Waals surface area contributed by atoms with E-state index in [0.717, 1.165) is 0 Å². The van der Waals surface area contributed by atoms with Gasteiger partial charge >= 0.3 is 7.28 Å². The molecule has 0 aliphatic heterocycles. The quantitative estimate of drug-likeness (QED) is 0.483. The summed E-state index contributed by atoms with van der Waals surface area (Å²) in [7, 11) is -6.04. The highest BCUT2D eigenvalue weighted by molar-refractivity contribution is 8.13. The van der Waals surface area contributed by atoms with Gasteiger partial charge in [-0.2, -0.15) is 0 Å². The van der Waals surface area contributed by atoms with Crippen molar-refractivity contribution in [1.82, 2.24) is 0 Å². The molecule has 0 rings (SSSR count). The van der Waals surface area contributed by atoms with E-state index in [4.69, 9.17) is 9.79 Å². The van der Waals surface area contributed by atoms with Crippen molar-refractivity contribution in [3.63, 3.8) is 0 Å². The third-order valence-electron chi connectivity index (χ3n) is 0.137. The number of hydrogen-bond donors (Lipinski definition) is 2. The molecule has 0 radical (unpaired) electrons. The molecule has 6 heavy (non-hydrogen) atoms. The Morgan fingerprint density at radius 2 is 1.67 bits per heavy atom.